The fourth-order valence-corrected chi connectivity index (χ4v) is 6.34. The second-order valence-corrected chi connectivity index (χ2v) is 12.7. The van der Waals surface area contributed by atoms with Crippen LogP contribution >= 0.6 is 11.3 Å². The minimum absolute atomic E-state index is 0.00123. The molecule has 7 heteroatoms. The van der Waals surface area contributed by atoms with Crippen molar-refractivity contribution in [1.29, 1.82) is 0 Å². The largest absolute Gasteiger partial charge is 0.345 e. The second-order valence-electron chi connectivity index (χ2n) is 9.88. The Balaban J connectivity index is 1.39. The average molecular weight is 484 g/mol. The third kappa shape index (κ3) is 5.31. The zero-order chi connectivity index (χ0) is 23.8. The van der Waals surface area contributed by atoms with Crippen LogP contribution in [0.3, 0.4) is 0 Å². The number of aromatic nitrogens is 1. The molecular weight excluding hydrogens is 450 g/mol. The molecule has 0 bridgehead atoms. The van der Waals surface area contributed by atoms with Crippen LogP contribution in [-0.2, 0) is 21.9 Å². The van der Waals surface area contributed by atoms with E-state index in [9.17, 15) is 8.42 Å². The third-order valence-electron chi connectivity index (χ3n) is 6.36. The predicted molar refractivity (Wildman–Crippen MR) is 137 cm³/mol. The molecule has 2 heterocycles. The lowest BCUT2D eigenvalue weighted by Crippen LogP contribution is -2.48. The first-order valence-corrected chi connectivity index (χ1v) is 13.7. The van der Waals surface area contributed by atoms with Crippen LogP contribution in [0.4, 0.5) is 5.13 Å². The van der Waals surface area contributed by atoms with Crippen molar-refractivity contribution in [3.05, 3.63) is 75.8 Å². The molecule has 5 nitrogen and oxygen atoms in total. The molecule has 1 aliphatic heterocycles. The van der Waals surface area contributed by atoms with Crippen molar-refractivity contribution in [1.82, 2.24) is 9.29 Å². The zero-order valence-electron chi connectivity index (χ0n) is 20.1. The number of anilines is 1. The monoisotopic (exact) mass is 483 g/mol. The van der Waals surface area contributed by atoms with Crippen LogP contribution in [0.5, 0.6) is 0 Å². The Labute approximate surface area is 202 Å². The number of thiazole rings is 1. The molecule has 176 valence electrons. The Hall–Kier alpha value is -2.22. The van der Waals surface area contributed by atoms with Crippen LogP contribution in [-0.4, -0.2) is 43.9 Å². The number of hydrogen-bond acceptors (Lipinski definition) is 5. The van der Waals surface area contributed by atoms with E-state index in [0.717, 1.165) is 22.8 Å². The molecule has 0 amide bonds. The second kappa shape index (κ2) is 9.20. The lowest BCUT2D eigenvalue weighted by atomic mass is 9.87. The Kier molecular flexibility index (Phi) is 6.67. The predicted octanol–water partition coefficient (Wildman–Crippen LogP) is 5.16. The summed E-state index contributed by atoms with van der Waals surface area (Å²) < 4.78 is 27.9. The number of nitrogens with zero attached hydrogens (tertiary/aromatic N) is 3. The maximum Gasteiger partial charge on any atom is 0.243 e. The fourth-order valence-electron chi connectivity index (χ4n) is 4.04. The van der Waals surface area contributed by atoms with Crippen molar-refractivity contribution < 1.29 is 8.42 Å². The highest BCUT2D eigenvalue weighted by Gasteiger charge is 2.29. The molecule has 0 spiro atoms. The molecule has 1 aromatic heterocycles. The van der Waals surface area contributed by atoms with Crippen molar-refractivity contribution in [2.45, 2.75) is 51.3 Å². The SMILES string of the molecule is Cc1ccc(Cc2csc(N3CCN(S(=O)(=O)c4ccc(C(C)(C)C)cc4)CC3)n2)cc1C. The molecule has 0 aliphatic carbocycles. The van der Waals surface area contributed by atoms with Gasteiger partial charge in [0.1, 0.15) is 0 Å². The highest BCUT2D eigenvalue weighted by atomic mass is 32.2. The molecule has 33 heavy (non-hydrogen) atoms. The fraction of sp³-hybridized carbons (Fsp3) is 0.423. The van der Waals surface area contributed by atoms with Crippen molar-refractivity contribution >= 4 is 26.5 Å². The highest BCUT2D eigenvalue weighted by molar-refractivity contribution is 7.89. The molecule has 0 radical (unpaired) electrons. The number of hydrogen-bond donors (Lipinski definition) is 0. The van der Waals surface area contributed by atoms with E-state index < -0.39 is 10.0 Å². The van der Waals surface area contributed by atoms with Gasteiger partial charge in [-0.25, -0.2) is 13.4 Å². The first-order valence-electron chi connectivity index (χ1n) is 11.4. The number of piperazine rings is 1. The summed E-state index contributed by atoms with van der Waals surface area (Å²) in [7, 11) is -3.48. The lowest BCUT2D eigenvalue weighted by molar-refractivity contribution is 0.384. The Bertz CT molecular complexity index is 1220. The maximum absolute atomic E-state index is 13.1. The maximum atomic E-state index is 13.1. The van der Waals surface area contributed by atoms with Gasteiger partial charge in [-0.3, -0.25) is 0 Å². The van der Waals surface area contributed by atoms with E-state index in [-0.39, 0.29) is 5.41 Å². The average Bonchev–Trinajstić information content (AvgIpc) is 3.24. The van der Waals surface area contributed by atoms with Crippen molar-refractivity contribution in [2.75, 3.05) is 31.1 Å². The summed E-state index contributed by atoms with van der Waals surface area (Å²) in [4.78, 5) is 7.40. The van der Waals surface area contributed by atoms with Crippen LogP contribution in [0.1, 0.15) is 48.7 Å². The summed E-state index contributed by atoms with van der Waals surface area (Å²) in [5.74, 6) is 0. The lowest BCUT2D eigenvalue weighted by Gasteiger charge is -2.33. The van der Waals surface area contributed by atoms with E-state index >= 15 is 0 Å². The van der Waals surface area contributed by atoms with Gasteiger partial charge in [-0.1, -0.05) is 51.1 Å². The molecule has 0 saturated carbocycles. The van der Waals surface area contributed by atoms with Crippen LogP contribution in [0.25, 0.3) is 0 Å². The number of benzene rings is 2. The van der Waals surface area contributed by atoms with Crippen LogP contribution < -0.4 is 4.90 Å². The zero-order valence-corrected chi connectivity index (χ0v) is 21.8. The van der Waals surface area contributed by atoms with E-state index in [1.165, 1.54) is 16.7 Å². The standard InChI is InChI=1S/C26H33N3O2S2/c1-19-6-7-21(16-20(19)2)17-23-18-32-25(27-23)28-12-14-29(15-13-28)33(30,31)24-10-8-22(9-11-24)26(3,4)5/h6-11,16,18H,12-15,17H2,1-5H3. The minimum Gasteiger partial charge on any atom is -0.345 e. The summed E-state index contributed by atoms with van der Waals surface area (Å²) in [6, 6.07) is 13.9. The molecule has 3 aromatic rings. The van der Waals surface area contributed by atoms with Gasteiger partial charge in [0.15, 0.2) is 5.13 Å². The van der Waals surface area contributed by atoms with Crippen LogP contribution in [0.15, 0.2) is 52.7 Å². The topological polar surface area (TPSA) is 53.5 Å². The van der Waals surface area contributed by atoms with E-state index in [1.54, 1.807) is 27.8 Å². The molecule has 1 aliphatic rings. The number of rotatable bonds is 5. The Morgan fingerprint density at radius 2 is 1.61 bits per heavy atom. The van der Waals surface area contributed by atoms with Gasteiger partial charge in [-0.15, -0.1) is 11.3 Å². The van der Waals surface area contributed by atoms with E-state index in [1.807, 2.05) is 12.1 Å². The number of aryl methyl sites for hydroxylation is 2. The summed E-state index contributed by atoms with van der Waals surface area (Å²) in [5, 5.41) is 3.09. The van der Waals surface area contributed by atoms with Crippen LogP contribution in [0.2, 0.25) is 0 Å². The molecule has 0 N–H and O–H groups in total. The minimum atomic E-state index is -3.48. The highest BCUT2D eigenvalue weighted by Crippen LogP contribution is 2.27. The van der Waals surface area contributed by atoms with Crippen LogP contribution in [0, 0.1) is 13.8 Å². The van der Waals surface area contributed by atoms with Crippen molar-refractivity contribution in [3.8, 4) is 0 Å². The summed E-state index contributed by atoms with van der Waals surface area (Å²) in [6.07, 6.45) is 0.816. The van der Waals surface area contributed by atoms with Gasteiger partial charge in [0, 0.05) is 38.0 Å². The normalized spacial score (nSPS) is 15.7. The summed E-state index contributed by atoms with van der Waals surface area (Å²) in [5.41, 5.74) is 6.06. The van der Waals surface area contributed by atoms with Gasteiger partial charge in [-0.2, -0.15) is 4.31 Å². The van der Waals surface area contributed by atoms with Crippen molar-refractivity contribution in [3.63, 3.8) is 0 Å². The summed E-state index contributed by atoms with van der Waals surface area (Å²) in [6.45, 7) is 12.9. The molecule has 0 atom stereocenters. The molecule has 2 aromatic carbocycles. The molecule has 0 unspecified atom stereocenters. The van der Waals surface area contributed by atoms with Crippen molar-refractivity contribution in [2.24, 2.45) is 0 Å². The van der Waals surface area contributed by atoms with E-state index in [2.05, 4.69) is 63.1 Å². The summed E-state index contributed by atoms with van der Waals surface area (Å²) >= 11 is 1.64. The molecular formula is C26H33N3O2S2. The quantitative estimate of drug-likeness (QED) is 0.503. The third-order valence-corrected chi connectivity index (χ3v) is 9.23. The van der Waals surface area contributed by atoms with Gasteiger partial charge in [0.05, 0.1) is 10.6 Å². The Morgan fingerprint density at radius 1 is 0.939 bits per heavy atom. The smallest absolute Gasteiger partial charge is 0.243 e. The number of sulfonamides is 1. The van der Waals surface area contributed by atoms with Gasteiger partial charge >= 0.3 is 0 Å². The van der Waals surface area contributed by atoms with Gasteiger partial charge in [0.2, 0.25) is 10.0 Å². The van der Waals surface area contributed by atoms with E-state index in [0.29, 0.717) is 31.1 Å². The molecule has 1 saturated heterocycles. The first-order chi connectivity index (χ1) is 15.5. The van der Waals surface area contributed by atoms with E-state index in [4.69, 9.17) is 4.98 Å². The molecule has 1 fully saturated rings. The van der Waals surface area contributed by atoms with Gasteiger partial charge in [-0.05, 0) is 53.6 Å². The first kappa shape index (κ1) is 23.9. The Morgan fingerprint density at radius 3 is 2.21 bits per heavy atom. The molecule has 4 rings (SSSR count). The van der Waals surface area contributed by atoms with Gasteiger partial charge in [0.25, 0.3) is 0 Å². The van der Waals surface area contributed by atoms with Gasteiger partial charge < -0.3 is 4.90 Å².